The number of thiocarbonyl (C=S) groups is 1. The molecule has 1 rings (SSSR count). The number of hydrogen-bond donors (Lipinski definition) is 1. The van der Waals surface area contributed by atoms with Crippen molar-refractivity contribution in [3.63, 3.8) is 0 Å². The van der Waals surface area contributed by atoms with Gasteiger partial charge in [0.2, 0.25) is 0 Å². The predicted octanol–water partition coefficient (Wildman–Crippen LogP) is 3.46. The van der Waals surface area contributed by atoms with Gasteiger partial charge in [0.15, 0.2) is 0 Å². The van der Waals surface area contributed by atoms with Crippen LogP contribution in [0.1, 0.15) is 26.3 Å². The van der Waals surface area contributed by atoms with Gasteiger partial charge in [-0.2, -0.15) is 0 Å². The van der Waals surface area contributed by atoms with E-state index in [-0.39, 0.29) is 5.41 Å². The molecule has 0 aliphatic rings. The van der Waals surface area contributed by atoms with E-state index in [1.807, 2.05) is 25.2 Å². The predicted molar refractivity (Wildman–Crippen MR) is 80.1 cm³/mol. The third-order valence-electron chi connectivity index (χ3n) is 2.35. The second-order valence-corrected chi connectivity index (χ2v) is 6.32. The average Bonchev–Trinajstić information content (AvgIpc) is 2.14. The lowest BCUT2D eigenvalue weighted by Crippen LogP contribution is -2.30. The zero-order valence-corrected chi connectivity index (χ0v) is 12.3. The molecule has 2 nitrogen and oxygen atoms in total. The molecule has 0 aliphatic carbocycles. The summed E-state index contributed by atoms with van der Waals surface area (Å²) in [7, 11) is 2.03. The van der Waals surface area contributed by atoms with Gasteiger partial charge in [-0.15, -0.1) is 0 Å². The maximum Gasteiger partial charge on any atom is 0.106 e. The molecule has 0 bridgehead atoms. The number of nitrogens with zero attached hydrogens (tertiary/aromatic N) is 1. The summed E-state index contributed by atoms with van der Waals surface area (Å²) in [4.78, 5) is 2.54. The van der Waals surface area contributed by atoms with Crippen molar-refractivity contribution in [2.45, 2.75) is 20.8 Å². The molecule has 0 aromatic heterocycles. The lowest BCUT2D eigenvalue weighted by molar-refractivity contribution is 0.419. The van der Waals surface area contributed by atoms with Crippen LogP contribution in [0, 0.1) is 5.41 Å². The van der Waals surface area contributed by atoms with Crippen molar-refractivity contribution >= 4 is 34.5 Å². The van der Waals surface area contributed by atoms with Gasteiger partial charge in [0.25, 0.3) is 0 Å². The van der Waals surface area contributed by atoms with E-state index >= 15 is 0 Å². The molecule has 0 saturated carbocycles. The van der Waals surface area contributed by atoms with Crippen LogP contribution in [-0.4, -0.2) is 18.6 Å². The summed E-state index contributed by atoms with van der Waals surface area (Å²) in [6, 6.07) is 5.59. The van der Waals surface area contributed by atoms with Crippen LogP contribution in [0.4, 0.5) is 5.69 Å². The molecule has 0 aliphatic heterocycles. The molecular weight excluding hydrogens is 252 g/mol. The van der Waals surface area contributed by atoms with Gasteiger partial charge in [-0.1, -0.05) is 44.6 Å². The fourth-order valence-corrected chi connectivity index (χ4v) is 2.16. The van der Waals surface area contributed by atoms with Gasteiger partial charge in [0.05, 0.1) is 0 Å². The first-order valence-corrected chi connectivity index (χ1v) is 6.30. The van der Waals surface area contributed by atoms with Crippen molar-refractivity contribution in [2.24, 2.45) is 11.1 Å². The first-order valence-electron chi connectivity index (χ1n) is 5.51. The number of benzene rings is 1. The highest BCUT2D eigenvalue weighted by Gasteiger charge is 2.17. The Hall–Kier alpha value is -0.800. The summed E-state index contributed by atoms with van der Waals surface area (Å²) >= 11 is 11.1. The van der Waals surface area contributed by atoms with Gasteiger partial charge in [0.1, 0.15) is 4.99 Å². The summed E-state index contributed by atoms with van der Waals surface area (Å²) in [6.45, 7) is 7.47. The van der Waals surface area contributed by atoms with Gasteiger partial charge in [0, 0.05) is 29.9 Å². The molecule has 1 aromatic carbocycles. The van der Waals surface area contributed by atoms with E-state index in [9.17, 15) is 0 Å². The fourth-order valence-electron chi connectivity index (χ4n) is 1.83. The summed E-state index contributed by atoms with van der Waals surface area (Å²) in [5.74, 6) is 0. The van der Waals surface area contributed by atoms with Crippen molar-refractivity contribution in [3.05, 3.63) is 28.8 Å². The van der Waals surface area contributed by atoms with Gasteiger partial charge in [-0.05, 0) is 23.6 Å². The van der Waals surface area contributed by atoms with Crippen LogP contribution in [0.25, 0.3) is 0 Å². The van der Waals surface area contributed by atoms with E-state index in [1.54, 1.807) is 0 Å². The lowest BCUT2D eigenvalue weighted by atomic mass is 9.95. The van der Waals surface area contributed by atoms with Crippen LogP contribution < -0.4 is 10.6 Å². The second kappa shape index (κ2) is 5.23. The maximum absolute atomic E-state index is 6.03. The monoisotopic (exact) mass is 270 g/mol. The number of rotatable bonds is 3. The molecule has 0 saturated heterocycles. The van der Waals surface area contributed by atoms with Crippen LogP contribution in [0.15, 0.2) is 18.2 Å². The molecule has 0 heterocycles. The maximum atomic E-state index is 6.03. The second-order valence-electron chi connectivity index (χ2n) is 5.44. The standard InChI is InChI=1S/C13H19ClN2S/c1-13(2,3)8-16(4)11-7-9(14)5-6-10(11)12(15)17/h5-7H,8H2,1-4H3,(H2,15,17). The molecule has 0 spiro atoms. The minimum atomic E-state index is 0.199. The molecule has 4 heteroatoms. The number of nitrogens with two attached hydrogens (primary N) is 1. The zero-order valence-electron chi connectivity index (χ0n) is 10.7. The van der Waals surface area contributed by atoms with E-state index in [0.717, 1.165) is 17.8 Å². The minimum Gasteiger partial charge on any atom is -0.389 e. The fraction of sp³-hybridized carbons (Fsp3) is 0.462. The number of halogens is 1. The van der Waals surface area contributed by atoms with E-state index in [4.69, 9.17) is 29.6 Å². The summed E-state index contributed by atoms with van der Waals surface area (Å²) in [5, 5.41) is 0.695. The van der Waals surface area contributed by atoms with E-state index in [2.05, 4.69) is 25.7 Å². The Balaban J connectivity index is 3.10. The van der Waals surface area contributed by atoms with Gasteiger partial charge >= 0.3 is 0 Å². The van der Waals surface area contributed by atoms with E-state index in [1.165, 1.54) is 0 Å². The number of hydrogen-bond acceptors (Lipinski definition) is 2. The molecular formula is C13H19ClN2S. The van der Waals surface area contributed by atoms with Crippen LogP contribution in [0.3, 0.4) is 0 Å². The quantitative estimate of drug-likeness (QED) is 0.853. The Kier molecular flexibility index (Phi) is 4.39. The Morgan fingerprint density at radius 3 is 2.47 bits per heavy atom. The Morgan fingerprint density at radius 2 is 2.00 bits per heavy atom. The minimum absolute atomic E-state index is 0.199. The lowest BCUT2D eigenvalue weighted by Gasteiger charge is -2.29. The molecule has 0 amide bonds. The number of anilines is 1. The summed E-state index contributed by atoms with van der Waals surface area (Å²) < 4.78 is 0. The van der Waals surface area contributed by atoms with E-state index < -0.39 is 0 Å². The van der Waals surface area contributed by atoms with Crippen molar-refractivity contribution in [1.29, 1.82) is 0 Å². The zero-order chi connectivity index (χ0) is 13.2. The Morgan fingerprint density at radius 1 is 1.41 bits per heavy atom. The Labute approximate surface area is 114 Å². The van der Waals surface area contributed by atoms with Gasteiger partial charge in [-0.25, -0.2) is 0 Å². The van der Waals surface area contributed by atoms with Crippen molar-refractivity contribution < 1.29 is 0 Å². The highest BCUT2D eigenvalue weighted by atomic mass is 35.5. The first kappa shape index (κ1) is 14.3. The third-order valence-corrected chi connectivity index (χ3v) is 2.80. The van der Waals surface area contributed by atoms with E-state index in [0.29, 0.717) is 10.0 Å². The van der Waals surface area contributed by atoms with Crippen LogP contribution in [0.5, 0.6) is 0 Å². The first-order chi connectivity index (χ1) is 7.70. The third kappa shape index (κ3) is 4.17. The van der Waals surface area contributed by atoms with Crippen molar-refractivity contribution in [1.82, 2.24) is 0 Å². The summed E-state index contributed by atoms with van der Waals surface area (Å²) in [5.41, 5.74) is 7.78. The molecule has 1 aromatic rings. The van der Waals surface area contributed by atoms with Crippen LogP contribution in [-0.2, 0) is 0 Å². The van der Waals surface area contributed by atoms with Crippen molar-refractivity contribution in [2.75, 3.05) is 18.5 Å². The average molecular weight is 271 g/mol. The highest BCUT2D eigenvalue weighted by Crippen LogP contribution is 2.27. The SMILES string of the molecule is CN(CC(C)(C)C)c1cc(Cl)ccc1C(N)=S. The van der Waals surface area contributed by atoms with Gasteiger partial charge < -0.3 is 10.6 Å². The van der Waals surface area contributed by atoms with Gasteiger partial charge in [-0.3, -0.25) is 0 Å². The normalized spacial score (nSPS) is 11.4. The molecule has 0 fully saturated rings. The largest absolute Gasteiger partial charge is 0.389 e. The van der Waals surface area contributed by atoms with Crippen molar-refractivity contribution in [3.8, 4) is 0 Å². The summed E-state index contributed by atoms with van der Waals surface area (Å²) in [6.07, 6.45) is 0. The van der Waals surface area contributed by atoms with Crippen LogP contribution >= 0.6 is 23.8 Å². The smallest absolute Gasteiger partial charge is 0.106 e. The molecule has 2 N–H and O–H groups in total. The molecule has 0 radical (unpaired) electrons. The molecule has 0 atom stereocenters. The molecule has 0 unspecified atom stereocenters. The molecule has 17 heavy (non-hydrogen) atoms. The molecule has 94 valence electrons. The highest BCUT2D eigenvalue weighted by molar-refractivity contribution is 7.80. The topological polar surface area (TPSA) is 29.3 Å². The van der Waals surface area contributed by atoms with Crippen LogP contribution in [0.2, 0.25) is 5.02 Å². The Bertz CT molecular complexity index is 424.